The molecule has 3 aromatic rings. The molecule has 3 rings (SSSR count). The SMILES string of the molecule is CNC(c1cc(OC)ccc1Br)c1cccc2ccsc12. The lowest BCUT2D eigenvalue weighted by atomic mass is 9.97. The lowest BCUT2D eigenvalue weighted by molar-refractivity contribution is 0.413. The standard InChI is InChI=1S/C17H16BrNOS/c1-19-16(14-10-12(20-2)6-7-15(14)18)13-5-3-4-11-8-9-21-17(11)13/h3-10,16,19H,1-2H3. The Labute approximate surface area is 136 Å². The Morgan fingerprint density at radius 3 is 2.76 bits per heavy atom. The molecule has 0 bridgehead atoms. The van der Waals surface area contributed by atoms with Crippen LogP contribution in [0.1, 0.15) is 17.2 Å². The van der Waals surface area contributed by atoms with E-state index in [-0.39, 0.29) is 6.04 Å². The van der Waals surface area contributed by atoms with Crippen molar-refractivity contribution in [3.8, 4) is 5.75 Å². The Kier molecular flexibility index (Phi) is 4.29. The van der Waals surface area contributed by atoms with Gasteiger partial charge in [0, 0.05) is 9.17 Å². The summed E-state index contributed by atoms with van der Waals surface area (Å²) in [5.41, 5.74) is 2.47. The van der Waals surface area contributed by atoms with Crippen molar-refractivity contribution >= 4 is 37.4 Å². The molecule has 2 aromatic carbocycles. The van der Waals surface area contributed by atoms with Gasteiger partial charge in [0.15, 0.2) is 0 Å². The van der Waals surface area contributed by atoms with E-state index in [2.05, 4.69) is 57.0 Å². The molecule has 1 heterocycles. The lowest BCUT2D eigenvalue weighted by Gasteiger charge is -2.20. The lowest BCUT2D eigenvalue weighted by Crippen LogP contribution is -2.18. The maximum atomic E-state index is 5.37. The molecule has 0 radical (unpaired) electrons. The van der Waals surface area contributed by atoms with E-state index >= 15 is 0 Å². The van der Waals surface area contributed by atoms with Crippen LogP contribution in [0.15, 0.2) is 52.3 Å². The van der Waals surface area contributed by atoms with E-state index in [1.54, 1.807) is 18.4 Å². The maximum Gasteiger partial charge on any atom is 0.119 e. The van der Waals surface area contributed by atoms with E-state index in [1.807, 2.05) is 19.2 Å². The van der Waals surface area contributed by atoms with E-state index in [4.69, 9.17) is 4.74 Å². The highest BCUT2D eigenvalue weighted by Crippen LogP contribution is 2.36. The second kappa shape index (κ2) is 6.18. The largest absolute Gasteiger partial charge is 0.497 e. The zero-order valence-corrected chi connectivity index (χ0v) is 14.3. The fraction of sp³-hybridized carbons (Fsp3) is 0.176. The Hall–Kier alpha value is -1.36. The van der Waals surface area contributed by atoms with Gasteiger partial charge in [-0.2, -0.15) is 0 Å². The number of benzene rings is 2. The molecule has 1 N–H and O–H groups in total. The predicted molar refractivity (Wildman–Crippen MR) is 93.4 cm³/mol. The molecule has 0 saturated heterocycles. The quantitative estimate of drug-likeness (QED) is 0.707. The number of rotatable bonds is 4. The van der Waals surface area contributed by atoms with Crippen LogP contribution in [0.4, 0.5) is 0 Å². The van der Waals surface area contributed by atoms with Gasteiger partial charge in [0.05, 0.1) is 13.2 Å². The molecule has 0 spiro atoms. The first-order valence-electron chi connectivity index (χ1n) is 6.71. The molecule has 21 heavy (non-hydrogen) atoms. The van der Waals surface area contributed by atoms with Crippen molar-refractivity contribution in [2.75, 3.05) is 14.2 Å². The van der Waals surface area contributed by atoms with E-state index < -0.39 is 0 Å². The van der Waals surface area contributed by atoms with Gasteiger partial charge in [-0.3, -0.25) is 0 Å². The number of methoxy groups -OCH3 is 1. The minimum absolute atomic E-state index is 0.122. The molecule has 0 aliphatic rings. The summed E-state index contributed by atoms with van der Waals surface area (Å²) in [5, 5.41) is 6.86. The van der Waals surface area contributed by atoms with Crippen molar-refractivity contribution in [3.05, 3.63) is 63.4 Å². The summed E-state index contributed by atoms with van der Waals surface area (Å²) in [6, 6.07) is 14.8. The van der Waals surface area contributed by atoms with Crippen molar-refractivity contribution < 1.29 is 4.74 Å². The van der Waals surface area contributed by atoms with Gasteiger partial charge in [-0.1, -0.05) is 34.1 Å². The number of ether oxygens (including phenoxy) is 1. The third kappa shape index (κ3) is 2.71. The molecule has 0 aliphatic heterocycles. The normalized spacial score (nSPS) is 12.5. The smallest absolute Gasteiger partial charge is 0.119 e. The summed E-state index contributed by atoms with van der Waals surface area (Å²) in [4.78, 5) is 0. The summed E-state index contributed by atoms with van der Waals surface area (Å²) in [6.07, 6.45) is 0. The van der Waals surface area contributed by atoms with Gasteiger partial charge in [-0.15, -0.1) is 11.3 Å². The number of hydrogen-bond donors (Lipinski definition) is 1. The Morgan fingerprint density at radius 1 is 1.14 bits per heavy atom. The Balaban J connectivity index is 2.16. The van der Waals surface area contributed by atoms with Crippen molar-refractivity contribution in [2.24, 2.45) is 0 Å². The molecule has 1 aromatic heterocycles. The minimum Gasteiger partial charge on any atom is -0.497 e. The van der Waals surface area contributed by atoms with Gasteiger partial charge < -0.3 is 10.1 Å². The number of halogens is 1. The van der Waals surface area contributed by atoms with Crippen LogP contribution in [0.25, 0.3) is 10.1 Å². The van der Waals surface area contributed by atoms with Crippen LogP contribution in [-0.4, -0.2) is 14.2 Å². The minimum atomic E-state index is 0.122. The van der Waals surface area contributed by atoms with Crippen LogP contribution in [-0.2, 0) is 0 Å². The van der Waals surface area contributed by atoms with E-state index in [0.717, 1.165) is 10.2 Å². The fourth-order valence-corrected chi connectivity index (χ4v) is 4.01. The third-order valence-electron chi connectivity index (χ3n) is 3.62. The predicted octanol–water partition coefficient (Wildman–Crippen LogP) is 4.98. The number of hydrogen-bond acceptors (Lipinski definition) is 3. The second-order valence-corrected chi connectivity index (χ2v) is 6.57. The zero-order chi connectivity index (χ0) is 14.8. The first kappa shape index (κ1) is 14.6. The Morgan fingerprint density at radius 2 is 2.00 bits per heavy atom. The molecule has 0 saturated carbocycles. The zero-order valence-electron chi connectivity index (χ0n) is 11.9. The van der Waals surface area contributed by atoms with Crippen molar-refractivity contribution in [2.45, 2.75) is 6.04 Å². The molecule has 1 atom stereocenters. The Bertz CT molecular complexity index is 768. The fourth-order valence-electron chi connectivity index (χ4n) is 2.59. The summed E-state index contributed by atoms with van der Waals surface area (Å²) in [7, 11) is 3.68. The molecular weight excluding hydrogens is 346 g/mol. The van der Waals surface area contributed by atoms with Crippen LogP contribution in [0.3, 0.4) is 0 Å². The highest BCUT2D eigenvalue weighted by Gasteiger charge is 2.18. The molecule has 0 aliphatic carbocycles. The van der Waals surface area contributed by atoms with Gasteiger partial charge in [-0.25, -0.2) is 0 Å². The van der Waals surface area contributed by atoms with Crippen LogP contribution < -0.4 is 10.1 Å². The summed E-state index contributed by atoms with van der Waals surface area (Å²) in [5.74, 6) is 0.867. The first-order valence-corrected chi connectivity index (χ1v) is 8.38. The highest BCUT2D eigenvalue weighted by atomic mass is 79.9. The van der Waals surface area contributed by atoms with Gasteiger partial charge in [-0.05, 0) is 53.2 Å². The van der Waals surface area contributed by atoms with Crippen molar-refractivity contribution in [1.82, 2.24) is 5.32 Å². The van der Waals surface area contributed by atoms with E-state index in [0.29, 0.717) is 0 Å². The summed E-state index contributed by atoms with van der Waals surface area (Å²) in [6.45, 7) is 0. The third-order valence-corrected chi connectivity index (χ3v) is 5.32. The average molecular weight is 362 g/mol. The highest BCUT2D eigenvalue weighted by molar-refractivity contribution is 9.10. The van der Waals surface area contributed by atoms with Crippen molar-refractivity contribution in [3.63, 3.8) is 0 Å². The van der Waals surface area contributed by atoms with Crippen LogP contribution in [0.2, 0.25) is 0 Å². The molecule has 1 unspecified atom stereocenters. The topological polar surface area (TPSA) is 21.3 Å². The molecule has 0 amide bonds. The molecule has 4 heteroatoms. The van der Waals surface area contributed by atoms with Crippen LogP contribution in [0.5, 0.6) is 5.75 Å². The van der Waals surface area contributed by atoms with E-state index in [1.165, 1.54) is 21.2 Å². The monoisotopic (exact) mass is 361 g/mol. The first-order chi connectivity index (χ1) is 10.2. The molecular formula is C17H16BrNOS. The van der Waals surface area contributed by atoms with Gasteiger partial charge >= 0.3 is 0 Å². The number of fused-ring (bicyclic) bond motifs is 1. The van der Waals surface area contributed by atoms with E-state index in [9.17, 15) is 0 Å². The summed E-state index contributed by atoms with van der Waals surface area (Å²) >= 11 is 5.44. The summed E-state index contributed by atoms with van der Waals surface area (Å²) < 4.78 is 7.77. The maximum absolute atomic E-state index is 5.37. The average Bonchev–Trinajstić information content (AvgIpc) is 2.99. The number of thiophene rings is 1. The molecule has 108 valence electrons. The second-order valence-electron chi connectivity index (χ2n) is 4.80. The van der Waals surface area contributed by atoms with Gasteiger partial charge in [0.2, 0.25) is 0 Å². The van der Waals surface area contributed by atoms with Gasteiger partial charge in [0.1, 0.15) is 5.75 Å². The van der Waals surface area contributed by atoms with Crippen molar-refractivity contribution in [1.29, 1.82) is 0 Å². The molecule has 0 fully saturated rings. The molecule has 2 nitrogen and oxygen atoms in total. The number of nitrogens with one attached hydrogen (secondary N) is 1. The van der Waals surface area contributed by atoms with Crippen LogP contribution >= 0.6 is 27.3 Å². The van der Waals surface area contributed by atoms with Crippen LogP contribution in [0, 0.1) is 0 Å². The van der Waals surface area contributed by atoms with Gasteiger partial charge in [0.25, 0.3) is 0 Å².